The van der Waals surface area contributed by atoms with Crippen molar-refractivity contribution in [3.8, 4) is 33.8 Å². The Morgan fingerprint density at radius 2 is 1.00 bits per heavy atom. The van der Waals surface area contributed by atoms with Crippen LogP contribution in [0.4, 0.5) is 34.1 Å². The van der Waals surface area contributed by atoms with E-state index in [0.717, 1.165) is 28.6 Å². The Morgan fingerprint density at radius 3 is 1.73 bits per heavy atom. The molecule has 0 N–H and O–H groups in total. The lowest BCUT2D eigenvalue weighted by atomic mass is 9.32. The van der Waals surface area contributed by atoms with Gasteiger partial charge in [0.2, 0.25) is 6.71 Å². The maximum atomic E-state index is 7.32. The third kappa shape index (κ3) is 6.93. The van der Waals surface area contributed by atoms with Crippen molar-refractivity contribution in [2.75, 3.05) is 9.80 Å². The van der Waals surface area contributed by atoms with Crippen LogP contribution in [0.25, 0.3) is 22.3 Å². The Hall–Kier alpha value is -7.57. The average molecular weight is 945 g/mol. The van der Waals surface area contributed by atoms with E-state index in [0.29, 0.717) is 0 Å². The van der Waals surface area contributed by atoms with Crippen molar-refractivity contribution in [2.45, 2.75) is 45.8 Å². The largest absolute Gasteiger partial charge is 0.458 e. The van der Waals surface area contributed by atoms with E-state index in [2.05, 4.69) is 255 Å². The standard InChI is InChI=1S/C64H46B2N2OS2/c1-64(2,3)44-33-31-42(32-34-44)48-25-13-16-28-53(48)68-54-29-17-14-26-49(54)65-52-39-51-56(40-59(52)71-60-36-43(35-55(68)62(60)65)41-19-7-4-8-20-41)69-57-37-47(38-61-63(57)66(51)50-27-15-18-30-58(50)70-61)67(45-21-9-5-10-22-45)46-23-11-6-12-24-46/h4-40H,1-3H3. The van der Waals surface area contributed by atoms with Crippen molar-refractivity contribution < 1.29 is 4.74 Å². The molecule has 0 fully saturated rings. The predicted molar refractivity (Wildman–Crippen MR) is 302 cm³/mol. The van der Waals surface area contributed by atoms with Gasteiger partial charge >= 0.3 is 0 Å². The van der Waals surface area contributed by atoms with Crippen LogP contribution < -0.4 is 47.3 Å². The molecule has 71 heavy (non-hydrogen) atoms. The zero-order chi connectivity index (χ0) is 47.4. The van der Waals surface area contributed by atoms with Crippen LogP contribution in [0.3, 0.4) is 0 Å². The Balaban J connectivity index is 0.964. The van der Waals surface area contributed by atoms with Gasteiger partial charge in [0.05, 0.1) is 11.4 Å². The predicted octanol–water partition coefficient (Wildman–Crippen LogP) is 13.6. The number of nitrogens with zero attached hydrogens (tertiary/aromatic N) is 2. The number of rotatable bonds is 6. The third-order valence-corrected chi connectivity index (χ3v) is 17.1. The monoisotopic (exact) mass is 944 g/mol. The molecule has 0 radical (unpaired) electrons. The van der Waals surface area contributed by atoms with Crippen molar-refractivity contribution in [1.82, 2.24) is 0 Å². The molecule has 0 saturated carbocycles. The maximum Gasteiger partial charge on any atom is 0.253 e. The fraction of sp³-hybridized carbons (Fsp3) is 0.0625. The second-order valence-corrected chi connectivity index (χ2v) is 22.2. The topological polar surface area (TPSA) is 15.7 Å². The highest BCUT2D eigenvalue weighted by atomic mass is 32.2. The Kier molecular flexibility index (Phi) is 9.85. The fourth-order valence-electron chi connectivity index (χ4n) is 11.5. The van der Waals surface area contributed by atoms with Gasteiger partial charge < -0.3 is 14.5 Å². The number of fused-ring (bicyclic) bond motifs is 8. The molecule has 0 spiro atoms. The maximum absolute atomic E-state index is 7.32. The first-order valence-electron chi connectivity index (χ1n) is 24.5. The highest BCUT2D eigenvalue weighted by molar-refractivity contribution is 8.00. The number of anilines is 6. The molecule has 0 aromatic heterocycles. The molecular formula is C64H46B2N2OS2. The molecule has 0 atom stereocenters. The third-order valence-electron chi connectivity index (χ3n) is 14.8. The molecular weight excluding hydrogens is 898 g/mol. The molecule has 0 bridgehead atoms. The number of ether oxygens (including phenoxy) is 1. The molecule has 4 aliphatic rings. The highest BCUT2D eigenvalue weighted by Gasteiger charge is 2.45. The van der Waals surface area contributed by atoms with Gasteiger partial charge in [0.25, 0.3) is 6.71 Å². The molecule has 0 unspecified atom stereocenters. The van der Waals surface area contributed by atoms with Gasteiger partial charge in [-0.15, -0.1) is 0 Å². The number of hydrogen-bond donors (Lipinski definition) is 0. The number of hydrogen-bond acceptors (Lipinski definition) is 5. The first kappa shape index (κ1) is 42.3. The number of benzene rings is 10. The van der Waals surface area contributed by atoms with E-state index in [1.165, 1.54) is 97.2 Å². The van der Waals surface area contributed by atoms with Crippen molar-refractivity contribution >= 4 is 104 Å². The van der Waals surface area contributed by atoms with E-state index in [4.69, 9.17) is 4.74 Å². The van der Waals surface area contributed by atoms with Gasteiger partial charge in [-0.3, -0.25) is 0 Å². The van der Waals surface area contributed by atoms with E-state index < -0.39 is 0 Å². The van der Waals surface area contributed by atoms with E-state index in [-0.39, 0.29) is 18.8 Å². The van der Waals surface area contributed by atoms with E-state index in [9.17, 15) is 0 Å². The minimum Gasteiger partial charge on any atom is -0.458 e. The minimum absolute atomic E-state index is 0.000607. The first-order chi connectivity index (χ1) is 34.8. The fourth-order valence-corrected chi connectivity index (χ4v) is 13.9. The van der Waals surface area contributed by atoms with Gasteiger partial charge in [-0.25, -0.2) is 0 Å². The summed E-state index contributed by atoms with van der Waals surface area (Å²) in [7, 11) is 0. The van der Waals surface area contributed by atoms with E-state index >= 15 is 0 Å². The Bertz CT molecular complexity index is 3710. The van der Waals surface area contributed by atoms with Gasteiger partial charge in [0, 0.05) is 54.0 Å². The van der Waals surface area contributed by atoms with Gasteiger partial charge in [-0.1, -0.05) is 207 Å². The second-order valence-electron chi connectivity index (χ2n) is 20.0. The molecule has 0 aliphatic carbocycles. The average Bonchev–Trinajstić information content (AvgIpc) is 3.41. The van der Waals surface area contributed by atoms with Crippen LogP contribution in [-0.4, -0.2) is 13.4 Å². The van der Waals surface area contributed by atoms with Gasteiger partial charge in [0.15, 0.2) is 0 Å². The number of para-hydroxylation sites is 4. The molecule has 4 heterocycles. The van der Waals surface area contributed by atoms with Crippen LogP contribution in [-0.2, 0) is 5.41 Å². The van der Waals surface area contributed by atoms with Crippen LogP contribution in [0.5, 0.6) is 11.5 Å². The van der Waals surface area contributed by atoms with Crippen molar-refractivity contribution in [3.05, 3.63) is 230 Å². The van der Waals surface area contributed by atoms with Crippen LogP contribution in [0, 0.1) is 0 Å². The van der Waals surface area contributed by atoms with Crippen molar-refractivity contribution in [1.29, 1.82) is 0 Å². The quantitative estimate of drug-likeness (QED) is 0.154. The van der Waals surface area contributed by atoms with Gasteiger partial charge in [-0.05, 0) is 116 Å². The summed E-state index contributed by atoms with van der Waals surface area (Å²) in [6, 6.07) is 82.9. The summed E-state index contributed by atoms with van der Waals surface area (Å²) in [5.41, 5.74) is 20.8. The zero-order valence-corrected chi connectivity index (χ0v) is 41.3. The molecule has 336 valence electrons. The SMILES string of the molecule is CC(C)(C)c1ccc(-c2ccccc2N2c3ccccc3B3c4cc5c(cc4Sc4cc(-c6ccccc6)cc2c43)Oc2cc(N(c3ccccc3)c3ccccc3)cc3c2B5c2ccccc2S3)cc1. The van der Waals surface area contributed by atoms with E-state index in [1.807, 2.05) is 23.5 Å². The van der Waals surface area contributed by atoms with Crippen molar-refractivity contribution in [2.24, 2.45) is 0 Å². The molecule has 10 aromatic carbocycles. The molecule has 4 aliphatic heterocycles. The molecule has 10 aromatic rings. The summed E-state index contributed by atoms with van der Waals surface area (Å²) in [5.74, 6) is 1.83. The first-order valence-corrected chi connectivity index (χ1v) is 26.2. The van der Waals surface area contributed by atoms with Crippen LogP contribution in [0.15, 0.2) is 244 Å². The minimum atomic E-state index is -0.00110. The molecule has 7 heteroatoms. The Labute approximate surface area is 425 Å². The van der Waals surface area contributed by atoms with Gasteiger partial charge in [0.1, 0.15) is 11.5 Å². The molecule has 0 amide bonds. The summed E-state index contributed by atoms with van der Waals surface area (Å²) >= 11 is 3.74. The molecule has 14 rings (SSSR count). The molecule has 3 nitrogen and oxygen atoms in total. The second kappa shape index (κ2) is 16.5. The summed E-state index contributed by atoms with van der Waals surface area (Å²) in [6.07, 6.45) is 0. The molecule has 0 saturated heterocycles. The van der Waals surface area contributed by atoms with Crippen LogP contribution in [0.2, 0.25) is 0 Å². The lowest BCUT2D eigenvalue weighted by molar-refractivity contribution is 0.485. The Morgan fingerprint density at radius 1 is 0.394 bits per heavy atom. The summed E-state index contributed by atoms with van der Waals surface area (Å²) in [5, 5.41) is 0. The van der Waals surface area contributed by atoms with Crippen LogP contribution >= 0.6 is 23.5 Å². The van der Waals surface area contributed by atoms with Crippen molar-refractivity contribution in [3.63, 3.8) is 0 Å². The highest BCUT2D eigenvalue weighted by Crippen LogP contribution is 2.48. The summed E-state index contributed by atoms with van der Waals surface area (Å²) < 4.78 is 7.32. The smallest absolute Gasteiger partial charge is 0.253 e. The summed E-state index contributed by atoms with van der Waals surface area (Å²) in [4.78, 5) is 9.91. The van der Waals surface area contributed by atoms with E-state index in [1.54, 1.807) is 0 Å². The summed E-state index contributed by atoms with van der Waals surface area (Å²) in [6.45, 7) is 6.85. The van der Waals surface area contributed by atoms with Crippen LogP contribution in [0.1, 0.15) is 26.3 Å². The van der Waals surface area contributed by atoms with Gasteiger partial charge in [-0.2, -0.15) is 0 Å². The normalized spacial score (nSPS) is 13.5. The lowest BCUT2D eigenvalue weighted by Gasteiger charge is -2.42. The zero-order valence-electron chi connectivity index (χ0n) is 39.6. The lowest BCUT2D eigenvalue weighted by Crippen LogP contribution is -2.63.